The predicted molar refractivity (Wildman–Crippen MR) is 41.3 cm³/mol. The van der Waals surface area contributed by atoms with Crippen LogP contribution < -0.4 is 0 Å². The zero-order valence-corrected chi connectivity index (χ0v) is 6.89. The lowest BCUT2D eigenvalue weighted by atomic mass is 10.6. The van der Waals surface area contributed by atoms with Gasteiger partial charge in [0.25, 0.3) is 0 Å². The first-order valence-electron chi connectivity index (χ1n) is 3.19. The Morgan fingerprint density at radius 1 is 1.64 bits per heavy atom. The average molecular weight is 172 g/mol. The Hall–Kier alpha value is -0.830. The maximum Gasteiger partial charge on any atom is 0.304 e. The summed E-state index contributed by atoms with van der Waals surface area (Å²) in [6, 6.07) is 0. The summed E-state index contributed by atoms with van der Waals surface area (Å²) in [5.41, 5.74) is 2.55. The van der Waals surface area contributed by atoms with Crippen molar-refractivity contribution in [2.75, 3.05) is 6.61 Å². The molecule has 1 aliphatic rings. The summed E-state index contributed by atoms with van der Waals surface area (Å²) in [4.78, 5) is 0.0966. The van der Waals surface area contributed by atoms with Crippen molar-refractivity contribution >= 4 is 10.1 Å². The first-order chi connectivity index (χ1) is 5.17. The minimum absolute atomic E-state index is 0.0966. The second-order valence-corrected chi connectivity index (χ2v) is 3.48. The first kappa shape index (κ1) is 8.27. The average Bonchev–Trinajstić information content (AvgIpc) is 2.37. The molecule has 0 N–H and O–H groups in total. The monoisotopic (exact) mass is 172 g/mol. The van der Waals surface area contributed by atoms with Crippen molar-refractivity contribution in [3.63, 3.8) is 0 Å². The van der Waals surface area contributed by atoms with Gasteiger partial charge in [-0.2, -0.15) is 8.42 Å². The van der Waals surface area contributed by atoms with Gasteiger partial charge in [-0.1, -0.05) is 11.8 Å². The van der Waals surface area contributed by atoms with E-state index >= 15 is 0 Å². The van der Waals surface area contributed by atoms with Crippen molar-refractivity contribution < 1.29 is 12.6 Å². The van der Waals surface area contributed by atoms with Crippen LogP contribution in [-0.4, -0.2) is 15.0 Å². The predicted octanol–water partition coefficient (Wildman–Crippen LogP) is 0.962. The molecule has 0 aromatic carbocycles. The van der Waals surface area contributed by atoms with E-state index in [4.69, 9.17) is 0 Å². The van der Waals surface area contributed by atoms with Gasteiger partial charge in [-0.15, -0.1) is 0 Å². The first-order valence-corrected chi connectivity index (χ1v) is 4.60. The van der Waals surface area contributed by atoms with Gasteiger partial charge in [-0.3, -0.25) is 4.18 Å². The summed E-state index contributed by atoms with van der Waals surface area (Å²) < 4.78 is 26.6. The van der Waals surface area contributed by atoms with E-state index in [0.29, 0.717) is 0 Å². The fraction of sp³-hybridized carbons (Fsp3) is 0.286. The van der Waals surface area contributed by atoms with Gasteiger partial charge >= 0.3 is 10.1 Å². The highest BCUT2D eigenvalue weighted by Crippen LogP contribution is 2.12. The smallest absolute Gasteiger partial charge is 0.266 e. The van der Waals surface area contributed by atoms with Crippen molar-refractivity contribution in [1.82, 2.24) is 0 Å². The number of hydrogen-bond donors (Lipinski definition) is 0. The molecule has 0 amide bonds. The van der Waals surface area contributed by atoms with E-state index in [1.807, 2.05) is 0 Å². The largest absolute Gasteiger partial charge is 0.304 e. The molecule has 0 aliphatic heterocycles. The second kappa shape index (κ2) is 3.05. The molecule has 0 bridgehead atoms. The van der Waals surface area contributed by atoms with Crippen molar-refractivity contribution in [2.24, 2.45) is 0 Å². The highest BCUT2D eigenvalue weighted by atomic mass is 32.2. The Labute approximate surface area is 65.8 Å². The topological polar surface area (TPSA) is 43.4 Å². The van der Waals surface area contributed by atoms with Crippen LogP contribution in [0.3, 0.4) is 0 Å². The third-order valence-corrected chi connectivity index (χ3v) is 2.45. The Morgan fingerprint density at radius 2 is 2.36 bits per heavy atom. The molecule has 0 saturated carbocycles. The summed E-state index contributed by atoms with van der Waals surface area (Å²) in [7, 11) is -3.52. The SMILES string of the molecule is CCOS(=O)(=O)C1=C=CC=C1. The van der Waals surface area contributed by atoms with E-state index in [9.17, 15) is 8.42 Å². The molecule has 0 saturated heterocycles. The third-order valence-electron chi connectivity index (χ3n) is 1.11. The Bertz CT molecular complexity index is 329. The van der Waals surface area contributed by atoms with Crippen LogP contribution in [0.2, 0.25) is 0 Å². The molecule has 11 heavy (non-hydrogen) atoms. The minimum atomic E-state index is -3.52. The summed E-state index contributed by atoms with van der Waals surface area (Å²) in [5, 5.41) is 0. The summed E-state index contributed by atoms with van der Waals surface area (Å²) in [6.45, 7) is 1.78. The summed E-state index contributed by atoms with van der Waals surface area (Å²) in [5.74, 6) is 0. The van der Waals surface area contributed by atoms with Gasteiger partial charge in [0.05, 0.1) is 6.61 Å². The van der Waals surface area contributed by atoms with Crippen LogP contribution in [0, 0.1) is 0 Å². The molecular weight excluding hydrogens is 164 g/mol. The molecule has 0 aromatic heterocycles. The highest BCUT2D eigenvalue weighted by molar-refractivity contribution is 7.90. The fourth-order valence-corrected chi connectivity index (χ4v) is 1.58. The Morgan fingerprint density at radius 3 is 2.82 bits per heavy atom. The normalized spacial score (nSPS) is 15.5. The van der Waals surface area contributed by atoms with Gasteiger partial charge in [-0.25, -0.2) is 0 Å². The fourth-order valence-electron chi connectivity index (χ4n) is 0.688. The molecule has 1 rings (SSSR count). The summed E-state index contributed by atoms with van der Waals surface area (Å²) in [6.07, 6.45) is 4.59. The van der Waals surface area contributed by atoms with E-state index in [0.717, 1.165) is 0 Å². The highest BCUT2D eigenvalue weighted by Gasteiger charge is 2.15. The summed E-state index contributed by atoms with van der Waals surface area (Å²) >= 11 is 0. The molecule has 0 unspecified atom stereocenters. The van der Waals surface area contributed by atoms with Crippen LogP contribution >= 0.6 is 0 Å². The van der Waals surface area contributed by atoms with Gasteiger partial charge in [0.1, 0.15) is 4.91 Å². The van der Waals surface area contributed by atoms with Crippen molar-refractivity contribution in [1.29, 1.82) is 0 Å². The molecule has 4 heteroatoms. The lowest BCUT2D eigenvalue weighted by molar-refractivity contribution is 0.343. The van der Waals surface area contributed by atoms with E-state index in [1.54, 1.807) is 13.0 Å². The number of hydrogen-bond acceptors (Lipinski definition) is 3. The van der Waals surface area contributed by atoms with Gasteiger partial charge in [0, 0.05) is 0 Å². The van der Waals surface area contributed by atoms with Gasteiger partial charge < -0.3 is 0 Å². The van der Waals surface area contributed by atoms with Crippen LogP contribution in [0.15, 0.2) is 28.9 Å². The van der Waals surface area contributed by atoms with Crippen LogP contribution in [0.1, 0.15) is 6.92 Å². The molecule has 0 atom stereocenters. The molecule has 60 valence electrons. The molecule has 0 fully saturated rings. The molecule has 0 heterocycles. The van der Waals surface area contributed by atoms with Crippen molar-refractivity contribution in [3.05, 3.63) is 28.9 Å². The maximum absolute atomic E-state index is 11.0. The standard InChI is InChI=1S/C7H8O3S/c1-2-10-11(8,9)7-5-3-4-6-7/h3-5H,2H2,1H3. The van der Waals surface area contributed by atoms with Gasteiger partial charge in [-0.05, 0) is 19.1 Å². The second-order valence-electron chi connectivity index (χ2n) is 1.90. The van der Waals surface area contributed by atoms with Crippen molar-refractivity contribution in [2.45, 2.75) is 6.92 Å². The molecule has 0 aromatic rings. The molecular formula is C7H8O3S. The van der Waals surface area contributed by atoms with E-state index in [1.165, 1.54) is 12.2 Å². The van der Waals surface area contributed by atoms with E-state index in [-0.39, 0.29) is 11.5 Å². The molecule has 0 spiro atoms. The van der Waals surface area contributed by atoms with Crippen LogP contribution in [0.25, 0.3) is 0 Å². The molecule has 3 nitrogen and oxygen atoms in total. The van der Waals surface area contributed by atoms with Gasteiger partial charge in [0.2, 0.25) is 0 Å². The van der Waals surface area contributed by atoms with Crippen LogP contribution in [0.5, 0.6) is 0 Å². The lowest BCUT2D eigenvalue weighted by Gasteiger charge is -1.98. The zero-order valence-electron chi connectivity index (χ0n) is 6.07. The zero-order chi connectivity index (χ0) is 8.32. The Balaban J connectivity index is 2.91. The maximum atomic E-state index is 11.0. The van der Waals surface area contributed by atoms with E-state index in [2.05, 4.69) is 9.91 Å². The molecule has 0 radical (unpaired) electrons. The lowest BCUT2D eigenvalue weighted by Crippen LogP contribution is -2.05. The molecule has 1 aliphatic carbocycles. The minimum Gasteiger partial charge on any atom is -0.266 e. The quantitative estimate of drug-likeness (QED) is 0.470. The van der Waals surface area contributed by atoms with E-state index < -0.39 is 10.1 Å². The Kier molecular flexibility index (Phi) is 2.29. The number of rotatable bonds is 3. The van der Waals surface area contributed by atoms with Crippen molar-refractivity contribution in [3.8, 4) is 0 Å². The third kappa shape index (κ3) is 1.80. The number of allylic oxidation sites excluding steroid dienone is 2. The van der Waals surface area contributed by atoms with Crippen LogP contribution in [0.4, 0.5) is 0 Å². The van der Waals surface area contributed by atoms with Gasteiger partial charge in [0.15, 0.2) is 0 Å². The van der Waals surface area contributed by atoms with Crippen LogP contribution in [-0.2, 0) is 14.3 Å².